The lowest BCUT2D eigenvalue weighted by atomic mass is 9.76. The van der Waals surface area contributed by atoms with E-state index in [0.717, 1.165) is 44.5 Å². The van der Waals surface area contributed by atoms with Gasteiger partial charge < -0.3 is 4.57 Å². The first-order chi connectivity index (χ1) is 14.0. The Morgan fingerprint density at radius 2 is 1.86 bits per heavy atom. The predicted molar refractivity (Wildman–Crippen MR) is 111 cm³/mol. The molecule has 1 atom stereocenters. The minimum absolute atomic E-state index is 0.00122. The Morgan fingerprint density at radius 1 is 1.10 bits per heavy atom. The Labute approximate surface area is 173 Å². The number of sulfonamides is 1. The average molecular weight is 415 g/mol. The van der Waals surface area contributed by atoms with Gasteiger partial charge in [0.1, 0.15) is 12.2 Å². The standard InChI is InChI=1S/C22H30N4O2S/c1-2-25-16-23-24-21(25)20-14-26(15-22(20)11-5-6-12-22)29(27,28)19-10-9-17-7-3-4-8-18(17)13-19/h9-10,13,16,20H,2-8,11-12,14-15H2,1H3. The summed E-state index contributed by atoms with van der Waals surface area (Å²) < 4.78 is 31.0. The van der Waals surface area contributed by atoms with E-state index in [1.807, 2.05) is 18.2 Å². The number of nitrogens with zero attached hydrogens (tertiary/aromatic N) is 4. The largest absolute Gasteiger partial charge is 0.318 e. The molecular weight excluding hydrogens is 384 g/mol. The molecule has 5 rings (SSSR count). The summed E-state index contributed by atoms with van der Waals surface area (Å²) in [6.07, 6.45) is 10.7. The molecule has 0 bridgehead atoms. The molecule has 156 valence electrons. The zero-order chi connectivity index (χ0) is 20.1. The summed E-state index contributed by atoms with van der Waals surface area (Å²) in [5.74, 6) is 1.08. The van der Waals surface area contributed by atoms with Gasteiger partial charge in [-0.15, -0.1) is 10.2 Å². The molecule has 2 fully saturated rings. The molecule has 7 heteroatoms. The van der Waals surface area contributed by atoms with Crippen LogP contribution in [0.15, 0.2) is 29.4 Å². The molecule has 2 aromatic rings. The van der Waals surface area contributed by atoms with Crippen LogP contribution in [0.3, 0.4) is 0 Å². The van der Waals surface area contributed by atoms with Gasteiger partial charge in [0, 0.05) is 25.6 Å². The number of aryl methyl sites for hydroxylation is 3. The van der Waals surface area contributed by atoms with Gasteiger partial charge >= 0.3 is 0 Å². The van der Waals surface area contributed by atoms with Crippen molar-refractivity contribution < 1.29 is 8.42 Å². The Balaban J connectivity index is 1.50. The van der Waals surface area contributed by atoms with Crippen LogP contribution in [0.2, 0.25) is 0 Å². The van der Waals surface area contributed by atoms with Crippen LogP contribution in [0.25, 0.3) is 0 Å². The van der Waals surface area contributed by atoms with Crippen molar-refractivity contribution in [2.24, 2.45) is 5.41 Å². The van der Waals surface area contributed by atoms with Crippen LogP contribution < -0.4 is 0 Å². The van der Waals surface area contributed by atoms with Crippen LogP contribution in [0, 0.1) is 5.41 Å². The second kappa shape index (κ2) is 7.20. The van der Waals surface area contributed by atoms with Gasteiger partial charge in [0.15, 0.2) is 0 Å². The molecule has 1 aliphatic heterocycles. The topological polar surface area (TPSA) is 68.1 Å². The summed E-state index contributed by atoms with van der Waals surface area (Å²) in [7, 11) is -3.50. The second-order valence-electron chi connectivity index (χ2n) is 9.03. The summed E-state index contributed by atoms with van der Waals surface area (Å²) in [4.78, 5) is 0.462. The minimum Gasteiger partial charge on any atom is -0.318 e. The van der Waals surface area contributed by atoms with E-state index < -0.39 is 10.0 Å². The lowest BCUT2D eigenvalue weighted by Crippen LogP contribution is -2.31. The van der Waals surface area contributed by atoms with Crippen LogP contribution in [0.4, 0.5) is 0 Å². The van der Waals surface area contributed by atoms with E-state index in [9.17, 15) is 8.42 Å². The lowest BCUT2D eigenvalue weighted by molar-refractivity contribution is 0.272. The Bertz CT molecular complexity index is 1010. The van der Waals surface area contributed by atoms with Gasteiger partial charge in [-0.1, -0.05) is 18.9 Å². The molecule has 0 radical (unpaired) electrons. The van der Waals surface area contributed by atoms with Crippen molar-refractivity contribution in [3.05, 3.63) is 41.5 Å². The summed E-state index contributed by atoms with van der Waals surface area (Å²) in [5.41, 5.74) is 2.54. The lowest BCUT2D eigenvalue weighted by Gasteiger charge is -2.29. The smallest absolute Gasteiger partial charge is 0.243 e. The number of benzene rings is 1. The molecule has 29 heavy (non-hydrogen) atoms. The average Bonchev–Trinajstić information content (AvgIpc) is 3.48. The highest BCUT2D eigenvalue weighted by molar-refractivity contribution is 7.89. The molecule has 1 spiro atoms. The monoisotopic (exact) mass is 414 g/mol. The van der Waals surface area contributed by atoms with Crippen molar-refractivity contribution >= 4 is 10.0 Å². The van der Waals surface area contributed by atoms with Gasteiger partial charge in [0.25, 0.3) is 0 Å². The molecule has 3 aliphatic rings. The van der Waals surface area contributed by atoms with Gasteiger partial charge in [-0.05, 0) is 74.1 Å². The van der Waals surface area contributed by atoms with Crippen LogP contribution in [0.5, 0.6) is 0 Å². The van der Waals surface area contributed by atoms with Gasteiger partial charge in [-0.25, -0.2) is 8.42 Å². The molecule has 1 unspecified atom stereocenters. The molecule has 6 nitrogen and oxygen atoms in total. The first-order valence-corrected chi connectivity index (χ1v) is 12.5. The van der Waals surface area contributed by atoms with Crippen molar-refractivity contribution in [3.8, 4) is 0 Å². The van der Waals surface area contributed by atoms with Crippen molar-refractivity contribution in [1.82, 2.24) is 19.1 Å². The zero-order valence-electron chi connectivity index (χ0n) is 17.2. The number of rotatable bonds is 4. The number of hydrogen-bond acceptors (Lipinski definition) is 4. The van der Waals surface area contributed by atoms with Crippen molar-refractivity contribution in [2.75, 3.05) is 13.1 Å². The summed E-state index contributed by atoms with van der Waals surface area (Å²) in [5, 5.41) is 8.56. The van der Waals surface area contributed by atoms with Gasteiger partial charge in [0.2, 0.25) is 10.0 Å². The molecule has 0 N–H and O–H groups in total. The van der Waals surface area contributed by atoms with Crippen molar-refractivity contribution in [1.29, 1.82) is 0 Å². The van der Waals surface area contributed by atoms with Gasteiger partial charge in [-0.2, -0.15) is 4.31 Å². The van der Waals surface area contributed by atoms with E-state index in [2.05, 4.69) is 21.7 Å². The Kier molecular flexibility index (Phi) is 4.78. The number of fused-ring (bicyclic) bond motifs is 1. The fourth-order valence-corrected chi connectivity index (χ4v) is 7.45. The fraction of sp³-hybridized carbons (Fsp3) is 0.636. The minimum atomic E-state index is -3.50. The summed E-state index contributed by atoms with van der Waals surface area (Å²) >= 11 is 0. The normalized spacial score (nSPS) is 24.2. The van der Waals surface area contributed by atoms with E-state index in [0.29, 0.717) is 18.0 Å². The number of hydrogen-bond donors (Lipinski definition) is 0. The molecule has 1 saturated carbocycles. The SMILES string of the molecule is CCn1cnnc1C1CN(S(=O)(=O)c2ccc3c(c2)CCCC3)CC12CCCC2. The van der Waals surface area contributed by atoms with E-state index in [4.69, 9.17) is 0 Å². The van der Waals surface area contributed by atoms with E-state index >= 15 is 0 Å². The highest BCUT2D eigenvalue weighted by Crippen LogP contribution is 2.54. The van der Waals surface area contributed by atoms with Crippen LogP contribution in [-0.4, -0.2) is 40.6 Å². The van der Waals surface area contributed by atoms with E-state index in [1.54, 1.807) is 10.6 Å². The maximum Gasteiger partial charge on any atom is 0.243 e. The van der Waals surface area contributed by atoms with Crippen LogP contribution >= 0.6 is 0 Å². The molecule has 2 aliphatic carbocycles. The first kappa shape index (κ1) is 19.2. The van der Waals surface area contributed by atoms with Crippen molar-refractivity contribution in [3.63, 3.8) is 0 Å². The third-order valence-electron chi connectivity index (χ3n) is 7.47. The van der Waals surface area contributed by atoms with Gasteiger partial charge in [0.05, 0.1) is 4.90 Å². The Hall–Kier alpha value is -1.73. The highest BCUT2D eigenvalue weighted by Gasteiger charge is 2.53. The zero-order valence-corrected chi connectivity index (χ0v) is 18.0. The second-order valence-corrected chi connectivity index (χ2v) is 11.0. The first-order valence-electron chi connectivity index (χ1n) is 11.0. The third kappa shape index (κ3) is 3.13. The molecule has 1 aromatic heterocycles. The third-order valence-corrected chi connectivity index (χ3v) is 9.28. The van der Waals surface area contributed by atoms with Gasteiger partial charge in [-0.3, -0.25) is 0 Å². The van der Waals surface area contributed by atoms with Crippen molar-refractivity contribution in [2.45, 2.75) is 75.6 Å². The molecule has 1 aromatic carbocycles. The van der Waals surface area contributed by atoms with E-state index in [1.165, 1.54) is 30.4 Å². The quantitative estimate of drug-likeness (QED) is 0.768. The molecule has 2 heterocycles. The predicted octanol–water partition coefficient (Wildman–Crippen LogP) is 3.53. The molecular formula is C22H30N4O2S. The fourth-order valence-electron chi connectivity index (χ4n) is 5.84. The molecule has 1 saturated heterocycles. The maximum absolute atomic E-state index is 13.6. The maximum atomic E-state index is 13.6. The molecule has 0 amide bonds. The highest BCUT2D eigenvalue weighted by atomic mass is 32.2. The van der Waals surface area contributed by atoms with Crippen LogP contribution in [0.1, 0.15) is 68.3 Å². The van der Waals surface area contributed by atoms with E-state index in [-0.39, 0.29) is 11.3 Å². The summed E-state index contributed by atoms with van der Waals surface area (Å²) in [6.45, 7) is 4.02. The van der Waals surface area contributed by atoms with Crippen LogP contribution in [-0.2, 0) is 29.4 Å². The Morgan fingerprint density at radius 3 is 2.62 bits per heavy atom. The number of aromatic nitrogens is 3. The summed E-state index contributed by atoms with van der Waals surface area (Å²) in [6, 6.07) is 5.80.